The minimum absolute atomic E-state index is 0.158. The SMILES string of the molecule is Cc1ccccc1CNC(=O)CCN1CCCC1. The van der Waals surface area contributed by atoms with Crippen LogP contribution in [0.25, 0.3) is 0 Å². The first-order valence-electron chi connectivity index (χ1n) is 6.79. The summed E-state index contributed by atoms with van der Waals surface area (Å²) in [7, 11) is 0. The highest BCUT2D eigenvalue weighted by Gasteiger charge is 2.12. The Labute approximate surface area is 109 Å². The quantitative estimate of drug-likeness (QED) is 0.863. The van der Waals surface area contributed by atoms with Crippen LogP contribution in [0.2, 0.25) is 0 Å². The molecule has 1 saturated heterocycles. The number of nitrogens with one attached hydrogen (secondary N) is 1. The molecule has 0 unspecified atom stereocenters. The zero-order valence-electron chi connectivity index (χ0n) is 11.1. The van der Waals surface area contributed by atoms with Crippen LogP contribution in [0.5, 0.6) is 0 Å². The van der Waals surface area contributed by atoms with Crippen molar-refractivity contribution in [2.75, 3.05) is 19.6 Å². The molecule has 3 heteroatoms. The fraction of sp³-hybridized carbons (Fsp3) is 0.533. The van der Waals surface area contributed by atoms with Gasteiger partial charge in [-0.3, -0.25) is 4.79 Å². The fourth-order valence-corrected chi connectivity index (χ4v) is 2.36. The molecule has 1 aromatic carbocycles. The Bertz CT molecular complexity index is 397. The number of rotatable bonds is 5. The molecular formula is C15H22N2O. The smallest absolute Gasteiger partial charge is 0.221 e. The van der Waals surface area contributed by atoms with Crippen molar-refractivity contribution in [1.29, 1.82) is 0 Å². The van der Waals surface area contributed by atoms with E-state index in [9.17, 15) is 4.79 Å². The average molecular weight is 246 g/mol. The summed E-state index contributed by atoms with van der Waals surface area (Å²) in [6.45, 7) is 5.94. The number of nitrogens with zero attached hydrogens (tertiary/aromatic N) is 1. The van der Waals surface area contributed by atoms with Gasteiger partial charge < -0.3 is 10.2 Å². The van der Waals surface area contributed by atoms with Gasteiger partial charge in [-0.25, -0.2) is 0 Å². The first kappa shape index (κ1) is 13.1. The molecule has 0 aliphatic carbocycles. The molecule has 0 atom stereocenters. The van der Waals surface area contributed by atoms with Crippen molar-refractivity contribution in [3.63, 3.8) is 0 Å². The largest absolute Gasteiger partial charge is 0.352 e. The van der Waals surface area contributed by atoms with Gasteiger partial charge in [0.2, 0.25) is 5.91 Å². The van der Waals surface area contributed by atoms with Crippen LogP contribution in [-0.4, -0.2) is 30.4 Å². The lowest BCUT2D eigenvalue weighted by Gasteiger charge is -2.14. The zero-order chi connectivity index (χ0) is 12.8. The van der Waals surface area contributed by atoms with E-state index in [0.717, 1.165) is 19.6 Å². The van der Waals surface area contributed by atoms with Gasteiger partial charge in [0, 0.05) is 19.5 Å². The van der Waals surface area contributed by atoms with Gasteiger partial charge in [-0.05, 0) is 44.0 Å². The van der Waals surface area contributed by atoms with Crippen molar-refractivity contribution in [2.24, 2.45) is 0 Å². The second-order valence-electron chi connectivity index (χ2n) is 5.00. The Kier molecular flexibility index (Phi) is 4.76. The fourth-order valence-electron chi connectivity index (χ4n) is 2.36. The molecule has 1 aliphatic rings. The standard InChI is InChI=1S/C15H22N2O/c1-13-6-2-3-7-14(13)12-16-15(18)8-11-17-9-4-5-10-17/h2-3,6-7H,4-5,8-12H2,1H3,(H,16,18). The molecular weight excluding hydrogens is 224 g/mol. The maximum absolute atomic E-state index is 11.7. The van der Waals surface area contributed by atoms with Gasteiger partial charge in [-0.1, -0.05) is 24.3 Å². The normalized spacial score (nSPS) is 15.8. The molecule has 0 bridgehead atoms. The van der Waals surface area contributed by atoms with Gasteiger partial charge in [0.1, 0.15) is 0 Å². The molecule has 1 N–H and O–H groups in total. The van der Waals surface area contributed by atoms with Crippen LogP contribution in [0.4, 0.5) is 0 Å². The van der Waals surface area contributed by atoms with Gasteiger partial charge in [0.25, 0.3) is 0 Å². The predicted molar refractivity (Wildman–Crippen MR) is 73.3 cm³/mol. The number of benzene rings is 1. The highest BCUT2D eigenvalue weighted by Crippen LogP contribution is 2.08. The molecule has 2 rings (SSSR count). The lowest BCUT2D eigenvalue weighted by Crippen LogP contribution is -2.29. The first-order chi connectivity index (χ1) is 8.75. The van der Waals surface area contributed by atoms with E-state index in [-0.39, 0.29) is 5.91 Å². The number of likely N-dealkylation sites (tertiary alicyclic amines) is 1. The number of hydrogen-bond acceptors (Lipinski definition) is 2. The first-order valence-corrected chi connectivity index (χ1v) is 6.79. The third-order valence-corrected chi connectivity index (χ3v) is 3.59. The Balaban J connectivity index is 1.69. The third-order valence-electron chi connectivity index (χ3n) is 3.59. The second kappa shape index (κ2) is 6.55. The Morgan fingerprint density at radius 2 is 2.00 bits per heavy atom. The van der Waals surface area contributed by atoms with Crippen molar-refractivity contribution >= 4 is 5.91 Å². The highest BCUT2D eigenvalue weighted by atomic mass is 16.1. The Hall–Kier alpha value is -1.35. The molecule has 1 fully saturated rings. The number of carbonyl (C=O) groups is 1. The number of carbonyl (C=O) groups excluding carboxylic acids is 1. The molecule has 3 nitrogen and oxygen atoms in total. The van der Waals surface area contributed by atoms with E-state index < -0.39 is 0 Å². The summed E-state index contributed by atoms with van der Waals surface area (Å²) in [6.07, 6.45) is 3.18. The molecule has 98 valence electrons. The lowest BCUT2D eigenvalue weighted by molar-refractivity contribution is -0.121. The van der Waals surface area contributed by atoms with Crippen molar-refractivity contribution in [3.8, 4) is 0 Å². The van der Waals surface area contributed by atoms with Crippen molar-refractivity contribution in [3.05, 3.63) is 35.4 Å². The number of hydrogen-bond donors (Lipinski definition) is 1. The summed E-state index contributed by atoms with van der Waals surface area (Å²) in [5.41, 5.74) is 2.43. The van der Waals surface area contributed by atoms with Crippen LogP contribution in [0, 0.1) is 6.92 Å². The molecule has 18 heavy (non-hydrogen) atoms. The molecule has 1 heterocycles. The van der Waals surface area contributed by atoms with E-state index >= 15 is 0 Å². The highest BCUT2D eigenvalue weighted by molar-refractivity contribution is 5.76. The minimum atomic E-state index is 0.158. The molecule has 0 radical (unpaired) electrons. The summed E-state index contributed by atoms with van der Waals surface area (Å²) >= 11 is 0. The van der Waals surface area contributed by atoms with Crippen LogP contribution in [0.3, 0.4) is 0 Å². The van der Waals surface area contributed by atoms with E-state index in [1.807, 2.05) is 12.1 Å². The summed E-state index contributed by atoms with van der Waals surface area (Å²) in [4.78, 5) is 14.1. The summed E-state index contributed by atoms with van der Waals surface area (Å²) in [5.74, 6) is 0.158. The minimum Gasteiger partial charge on any atom is -0.352 e. The van der Waals surface area contributed by atoms with Gasteiger partial charge in [0.15, 0.2) is 0 Å². The topological polar surface area (TPSA) is 32.3 Å². The molecule has 1 aromatic rings. The molecule has 1 amide bonds. The number of aryl methyl sites for hydroxylation is 1. The lowest BCUT2D eigenvalue weighted by atomic mass is 10.1. The van der Waals surface area contributed by atoms with Crippen LogP contribution in [0.15, 0.2) is 24.3 Å². The monoisotopic (exact) mass is 246 g/mol. The number of amides is 1. The van der Waals surface area contributed by atoms with Crippen LogP contribution >= 0.6 is 0 Å². The van der Waals surface area contributed by atoms with Gasteiger partial charge >= 0.3 is 0 Å². The van der Waals surface area contributed by atoms with E-state index in [1.54, 1.807) is 0 Å². The summed E-state index contributed by atoms with van der Waals surface area (Å²) in [6, 6.07) is 8.18. The van der Waals surface area contributed by atoms with Gasteiger partial charge in [0.05, 0.1) is 0 Å². The van der Waals surface area contributed by atoms with Crippen molar-refractivity contribution < 1.29 is 4.79 Å². The van der Waals surface area contributed by atoms with E-state index in [1.165, 1.54) is 24.0 Å². The molecule has 0 saturated carbocycles. The van der Waals surface area contributed by atoms with E-state index in [0.29, 0.717) is 13.0 Å². The van der Waals surface area contributed by atoms with Crippen molar-refractivity contribution in [1.82, 2.24) is 10.2 Å². The van der Waals surface area contributed by atoms with E-state index in [4.69, 9.17) is 0 Å². The Morgan fingerprint density at radius 3 is 2.72 bits per heavy atom. The predicted octanol–water partition coefficient (Wildman–Crippen LogP) is 2.10. The van der Waals surface area contributed by atoms with Gasteiger partial charge in [-0.15, -0.1) is 0 Å². The maximum atomic E-state index is 11.7. The van der Waals surface area contributed by atoms with Crippen LogP contribution in [-0.2, 0) is 11.3 Å². The zero-order valence-corrected chi connectivity index (χ0v) is 11.1. The summed E-state index contributed by atoms with van der Waals surface area (Å²) in [5, 5.41) is 3.00. The van der Waals surface area contributed by atoms with E-state index in [2.05, 4.69) is 29.3 Å². The van der Waals surface area contributed by atoms with Gasteiger partial charge in [-0.2, -0.15) is 0 Å². The maximum Gasteiger partial charge on any atom is 0.221 e. The molecule has 1 aliphatic heterocycles. The Morgan fingerprint density at radius 1 is 1.28 bits per heavy atom. The third kappa shape index (κ3) is 3.84. The van der Waals surface area contributed by atoms with Crippen LogP contribution in [0.1, 0.15) is 30.4 Å². The average Bonchev–Trinajstić information content (AvgIpc) is 2.88. The summed E-state index contributed by atoms with van der Waals surface area (Å²) < 4.78 is 0. The molecule has 0 aromatic heterocycles. The van der Waals surface area contributed by atoms with Crippen LogP contribution < -0.4 is 5.32 Å². The molecule has 0 spiro atoms. The van der Waals surface area contributed by atoms with Crippen molar-refractivity contribution in [2.45, 2.75) is 32.7 Å². The second-order valence-corrected chi connectivity index (χ2v) is 5.00.